The zero-order valence-corrected chi connectivity index (χ0v) is 15.3. The van der Waals surface area contributed by atoms with Gasteiger partial charge in [0.25, 0.3) is 0 Å². The Balaban J connectivity index is 1.78. The van der Waals surface area contributed by atoms with Crippen LogP contribution in [-0.2, 0) is 21.2 Å². The minimum atomic E-state index is -3.47. The summed E-state index contributed by atoms with van der Waals surface area (Å²) >= 11 is 0. The minimum absolute atomic E-state index is 0.0905. The molecule has 0 atom stereocenters. The highest BCUT2D eigenvalue weighted by atomic mass is 32.2. The Kier molecular flexibility index (Phi) is 5.66. The third kappa shape index (κ3) is 5.65. The fourth-order valence-corrected chi connectivity index (χ4v) is 3.15. The van der Waals surface area contributed by atoms with Gasteiger partial charge in [0.1, 0.15) is 18.1 Å². The lowest BCUT2D eigenvalue weighted by molar-refractivity contribution is 0.322. The average Bonchev–Trinajstić information content (AvgIpc) is 2.87. The molecule has 6 nitrogen and oxygen atoms in total. The molecule has 7 heteroatoms. The third-order valence-electron chi connectivity index (χ3n) is 3.42. The first-order chi connectivity index (χ1) is 11.2. The predicted octanol–water partition coefficient (Wildman–Crippen LogP) is 2.78. The average molecular weight is 352 g/mol. The first-order valence-electron chi connectivity index (χ1n) is 7.79. The number of aryl methyl sites for hydroxylation is 1. The van der Waals surface area contributed by atoms with E-state index < -0.39 is 10.0 Å². The smallest absolute Gasteiger partial charge is 0.219 e. The maximum Gasteiger partial charge on any atom is 0.219 e. The molecule has 0 aliphatic carbocycles. The van der Waals surface area contributed by atoms with Crippen LogP contribution in [0.3, 0.4) is 0 Å². The standard InChI is InChI=1S/C17H24N2O4S/c1-13-11-16(23-19-13)12-24(20,21)18-9-10-22-15-7-5-14(6-8-15)17(2,3)4/h5-8,11,18H,9-10,12H2,1-4H3. The molecule has 0 bridgehead atoms. The highest BCUT2D eigenvalue weighted by Gasteiger charge is 2.15. The lowest BCUT2D eigenvalue weighted by Crippen LogP contribution is -2.29. The molecule has 0 radical (unpaired) electrons. The maximum absolute atomic E-state index is 11.9. The quantitative estimate of drug-likeness (QED) is 0.775. The van der Waals surface area contributed by atoms with Gasteiger partial charge in [-0.15, -0.1) is 0 Å². The fourth-order valence-electron chi connectivity index (χ4n) is 2.14. The maximum atomic E-state index is 11.9. The van der Waals surface area contributed by atoms with Crippen molar-refractivity contribution in [1.29, 1.82) is 0 Å². The monoisotopic (exact) mass is 352 g/mol. The fraction of sp³-hybridized carbons (Fsp3) is 0.471. The van der Waals surface area contributed by atoms with Crippen LogP contribution in [0.2, 0.25) is 0 Å². The van der Waals surface area contributed by atoms with Gasteiger partial charge in [0.15, 0.2) is 5.76 Å². The van der Waals surface area contributed by atoms with Crippen LogP contribution in [0, 0.1) is 6.92 Å². The third-order valence-corrected chi connectivity index (χ3v) is 4.73. The van der Waals surface area contributed by atoms with Gasteiger partial charge >= 0.3 is 0 Å². The summed E-state index contributed by atoms with van der Waals surface area (Å²) < 4.78 is 36.8. The molecule has 0 aliphatic rings. The van der Waals surface area contributed by atoms with E-state index in [1.54, 1.807) is 13.0 Å². The van der Waals surface area contributed by atoms with Crippen molar-refractivity contribution in [1.82, 2.24) is 9.88 Å². The Hall–Kier alpha value is -1.86. The molecule has 1 aromatic carbocycles. The van der Waals surface area contributed by atoms with Crippen molar-refractivity contribution < 1.29 is 17.7 Å². The molecule has 0 amide bonds. The van der Waals surface area contributed by atoms with E-state index in [9.17, 15) is 8.42 Å². The van der Waals surface area contributed by atoms with Crippen molar-refractivity contribution in [3.8, 4) is 5.75 Å². The summed E-state index contributed by atoms with van der Waals surface area (Å²) in [5.74, 6) is 0.806. The molecule has 2 rings (SSSR count). The molecule has 0 saturated carbocycles. The second-order valence-electron chi connectivity index (χ2n) is 6.71. The predicted molar refractivity (Wildman–Crippen MR) is 92.5 cm³/mol. The van der Waals surface area contributed by atoms with Crippen LogP contribution in [-0.4, -0.2) is 26.7 Å². The lowest BCUT2D eigenvalue weighted by Gasteiger charge is -2.19. The van der Waals surface area contributed by atoms with Gasteiger partial charge in [-0.1, -0.05) is 38.1 Å². The Morgan fingerprint density at radius 1 is 1.21 bits per heavy atom. The summed E-state index contributed by atoms with van der Waals surface area (Å²) in [5.41, 5.74) is 1.97. The zero-order valence-electron chi connectivity index (χ0n) is 14.5. The van der Waals surface area contributed by atoms with Crippen LogP contribution in [0.1, 0.15) is 37.8 Å². The number of aromatic nitrogens is 1. The number of nitrogens with zero attached hydrogens (tertiary/aromatic N) is 1. The Morgan fingerprint density at radius 3 is 2.42 bits per heavy atom. The molecular weight excluding hydrogens is 328 g/mol. The number of benzene rings is 1. The van der Waals surface area contributed by atoms with Crippen LogP contribution in [0.5, 0.6) is 5.75 Å². The van der Waals surface area contributed by atoms with Crippen molar-refractivity contribution in [3.05, 3.63) is 47.3 Å². The SMILES string of the molecule is Cc1cc(CS(=O)(=O)NCCOc2ccc(C(C)(C)C)cc2)on1. The number of ether oxygens (including phenoxy) is 1. The topological polar surface area (TPSA) is 81.4 Å². The van der Waals surface area contributed by atoms with Crippen molar-refractivity contribution in [2.75, 3.05) is 13.2 Å². The Morgan fingerprint density at radius 2 is 1.88 bits per heavy atom. The largest absolute Gasteiger partial charge is 0.492 e. The molecule has 0 spiro atoms. The van der Waals surface area contributed by atoms with E-state index in [1.165, 1.54) is 5.56 Å². The van der Waals surface area contributed by atoms with E-state index in [1.807, 2.05) is 24.3 Å². The van der Waals surface area contributed by atoms with E-state index >= 15 is 0 Å². The van der Waals surface area contributed by atoms with Gasteiger partial charge in [-0.3, -0.25) is 0 Å². The summed E-state index contributed by atoms with van der Waals surface area (Å²) in [5, 5.41) is 3.67. The van der Waals surface area contributed by atoms with E-state index in [0.29, 0.717) is 17.2 Å². The molecule has 0 aliphatic heterocycles. The van der Waals surface area contributed by atoms with Gasteiger partial charge in [-0.2, -0.15) is 0 Å². The molecule has 1 aromatic heterocycles. The summed E-state index contributed by atoms with van der Waals surface area (Å²) in [4.78, 5) is 0. The summed E-state index contributed by atoms with van der Waals surface area (Å²) in [6, 6.07) is 9.43. The molecule has 1 N–H and O–H groups in total. The minimum Gasteiger partial charge on any atom is -0.492 e. The molecule has 132 valence electrons. The van der Waals surface area contributed by atoms with Crippen LogP contribution in [0.25, 0.3) is 0 Å². The van der Waals surface area contributed by atoms with E-state index in [0.717, 1.165) is 0 Å². The summed E-state index contributed by atoms with van der Waals surface area (Å²) in [6.45, 7) is 8.63. The molecule has 0 fully saturated rings. The van der Waals surface area contributed by atoms with Gasteiger partial charge in [-0.25, -0.2) is 13.1 Å². The normalized spacial score (nSPS) is 12.3. The molecule has 2 aromatic rings. The lowest BCUT2D eigenvalue weighted by atomic mass is 9.87. The van der Waals surface area contributed by atoms with Crippen LogP contribution in [0.4, 0.5) is 0 Å². The van der Waals surface area contributed by atoms with Crippen LogP contribution >= 0.6 is 0 Å². The molecular formula is C17H24N2O4S. The molecule has 24 heavy (non-hydrogen) atoms. The summed E-state index contributed by atoms with van der Waals surface area (Å²) in [6.07, 6.45) is 0. The number of nitrogens with one attached hydrogen (secondary N) is 1. The van der Waals surface area contributed by atoms with Crippen LogP contribution < -0.4 is 9.46 Å². The van der Waals surface area contributed by atoms with E-state index in [-0.39, 0.29) is 24.3 Å². The van der Waals surface area contributed by atoms with Gasteiger partial charge in [0.2, 0.25) is 10.0 Å². The summed E-state index contributed by atoms with van der Waals surface area (Å²) in [7, 11) is -3.47. The van der Waals surface area contributed by atoms with Crippen LogP contribution in [0.15, 0.2) is 34.9 Å². The number of hydrogen-bond donors (Lipinski definition) is 1. The highest BCUT2D eigenvalue weighted by Crippen LogP contribution is 2.24. The van der Waals surface area contributed by atoms with Crippen molar-refractivity contribution in [2.45, 2.75) is 38.9 Å². The Bertz CT molecular complexity index is 759. The molecule has 0 saturated heterocycles. The number of sulfonamides is 1. The number of hydrogen-bond acceptors (Lipinski definition) is 5. The zero-order chi connectivity index (χ0) is 17.8. The highest BCUT2D eigenvalue weighted by molar-refractivity contribution is 7.88. The van der Waals surface area contributed by atoms with E-state index in [2.05, 4.69) is 30.6 Å². The Labute approximate surface area is 143 Å². The van der Waals surface area contributed by atoms with Gasteiger partial charge in [-0.05, 0) is 30.0 Å². The van der Waals surface area contributed by atoms with Gasteiger partial charge < -0.3 is 9.26 Å². The first-order valence-corrected chi connectivity index (χ1v) is 9.44. The second-order valence-corrected chi connectivity index (χ2v) is 8.52. The van der Waals surface area contributed by atoms with Gasteiger partial charge in [0, 0.05) is 12.6 Å². The van der Waals surface area contributed by atoms with E-state index in [4.69, 9.17) is 9.26 Å². The van der Waals surface area contributed by atoms with Crippen molar-refractivity contribution >= 4 is 10.0 Å². The number of rotatable bonds is 7. The van der Waals surface area contributed by atoms with Crippen molar-refractivity contribution in [3.63, 3.8) is 0 Å². The first kappa shape index (κ1) is 18.5. The second kappa shape index (κ2) is 7.36. The molecule has 0 unspecified atom stereocenters. The molecule has 1 heterocycles. The van der Waals surface area contributed by atoms with Gasteiger partial charge in [0.05, 0.1) is 5.69 Å². The van der Waals surface area contributed by atoms with Crippen molar-refractivity contribution in [2.24, 2.45) is 0 Å².